The average molecular weight is 247 g/mol. The summed E-state index contributed by atoms with van der Waals surface area (Å²) in [6, 6.07) is 10.4. The fraction of sp³-hybridized carbons (Fsp3) is 0.562. The Morgan fingerprint density at radius 3 is 2.22 bits per heavy atom. The van der Waals surface area contributed by atoms with Gasteiger partial charge in [-0.2, -0.15) is 0 Å². The molecular formula is C16H25NO. The first kappa shape index (κ1) is 14.7. The van der Waals surface area contributed by atoms with Gasteiger partial charge in [-0.05, 0) is 24.8 Å². The minimum Gasteiger partial charge on any atom is -0.349 e. The zero-order valence-electron chi connectivity index (χ0n) is 11.8. The highest BCUT2D eigenvalue weighted by Gasteiger charge is 2.18. The van der Waals surface area contributed by atoms with Crippen molar-refractivity contribution in [1.82, 2.24) is 5.32 Å². The van der Waals surface area contributed by atoms with E-state index >= 15 is 0 Å². The van der Waals surface area contributed by atoms with Crippen LogP contribution in [0.15, 0.2) is 30.3 Å². The van der Waals surface area contributed by atoms with Crippen LogP contribution in [-0.2, 0) is 4.79 Å². The van der Waals surface area contributed by atoms with Crippen molar-refractivity contribution in [1.29, 1.82) is 0 Å². The molecule has 0 fully saturated rings. The van der Waals surface area contributed by atoms with E-state index in [1.165, 1.54) is 5.56 Å². The Hall–Kier alpha value is -1.31. The minimum absolute atomic E-state index is 0.146. The summed E-state index contributed by atoms with van der Waals surface area (Å²) < 4.78 is 0. The molecular weight excluding hydrogens is 222 g/mol. The Balaban J connectivity index is 2.72. The lowest BCUT2D eigenvalue weighted by Gasteiger charge is -2.21. The first-order valence-corrected chi connectivity index (χ1v) is 7.08. The Bertz CT molecular complexity index is 343. The standard InChI is InChI=1S/C16H25NO/c1-4-10-15(14-11-8-7-9-12-14)17-16(18)13(5-2)6-3/h7-9,11-13,15H,4-6,10H2,1-3H3,(H,17,18). The molecule has 1 aromatic carbocycles. The molecule has 2 nitrogen and oxygen atoms in total. The molecule has 0 bridgehead atoms. The van der Waals surface area contributed by atoms with Gasteiger partial charge >= 0.3 is 0 Å². The Labute approximate surface area is 111 Å². The third-order valence-corrected chi connectivity index (χ3v) is 3.45. The van der Waals surface area contributed by atoms with Crippen LogP contribution in [0.4, 0.5) is 0 Å². The van der Waals surface area contributed by atoms with Crippen molar-refractivity contribution >= 4 is 5.91 Å². The van der Waals surface area contributed by atoms with E-state index in [9.17, 15) is 4.79 Å². The van der Waals surface area contributed by atoms with E-state index in [1.54, 1.807) is 0 Å². The second kappa shape index (κ2) is 7.91. The summed E-state index contributed by atoms with van der Waals surface area (Å²) >= 11 is 0. The molecule has 1 rings (SSSR count). The molecule has 0 radical (unpaired) electrons. The van der Waals surface area contributed by atoms with Crippen LogP contribution in [0.25, 0.3) is 0 Å². The van der Waals surface area contributed by atoms with Gasteiger partial charge in [-0.25, -0.2) is 0 Å². The Morgan fingerprint density at radius 2 is 1.72 bits per heavy atom. The third-order valence-electron chi connectivity index (χ3n) is 3.45. The van der Waals surface area contributed by atoms with E-state index in [1.807, 2.05) is 18.2 Å². The molecule has 1 N–H and O–H groups in total. The van der Waals surface area contributed by atoms with Crippen molar-refractivity contribution in [3.8, 4) is 0 Å². The van der Waals surface area contributed by atoms with Gasteiger partial charge in [0.1, 0.15) is 0 Å². The number of rotatable bonds is 7. The van der Waals surface area contributed by atoms with Gasteiger partial charge in [0.2, 0.25) is 5.91 Å². The number of carbonyl (C=O) groups excluding carboxylic acids is 1. The number of nitrogens with one attached hydrogen (secondary N) is 1. The predicted molar refractivity (Wildman–Crippen MR) is 76.3 cm³/mol. The second-order valence-corrected chi connectivity index (χ2v) is 4.77. The molecule has 1 unspecified atom stereocenters. The van der Waals surface area contributed by atoms with Gasteiger partial charge in [0.15, 0.2) is 0 Å². The van der Waals surface area contributed by atoms with Gasteiger partial charge in [0, 0.05) is 5.92 Å². The maximum atomic E-state index is 12.2. The van der Waals surface area contributed by atoms with Crippen LogP contribution in [0.2, 0.25) is 0 Å². The molecule has 0 aromatic heterocycles. The SMILES string of the molecule is CCCC(NC(=O)C(CC)CC)c1ccccc1. The van der Waals surface area contributed by atoms with Gasteiger partial charge in [0.05, 0.1) is 6.04 Å². The molecule has 0 saturated heterocycles. The van der Waals surface area contributed by atoms with Crippen LogP contribution >= 0.6 is 0 Å². The fourth-order valence-electron chi connectivity index (χ4n) is 2.25. The number of carbonyl (C=O) groups is 1. The largest absolute Gasteiger partial charge is 0.349 e. The highest BCUT2D eigenvalue weighted by atomic mass is 16.1. The van der Waals surface area contributed by atoms with E-state index in [0.29, 0.717) is 0 Å². The zero-order chi connectivity index (χ0) is 13.4. The average Bonchev–Trinajstić information content (AvgIpc) is 2.40. The summed E-state index contributed by atoms with van der Waals surface area (Å²) in [6.45, 7) is 6.30. The van der Waals surface area contributed by atoms with Crippen LogP contribution in [0.5, 0.6) is 0 Å². The molecule has 0 aliphatic carbocycles. The van der Waals surface area contributed by atoms with Gasteiger partial charge in [-0.1, -0.05) is 57.5 Å². The smallest absolute Gasteiger partial charge is 0.223 e. The van der Waals surface area contributed by atoms with Gasteiger partial charge in [-0.15, -0.1) is 0 Å². The van der Waals surface area contributed by atoms with Crippen LogP contribution < -0.4 is 5.32 Å². The summed E-state index contributed by atoms with van der Waals surface area (Å²) in [7, 11) is 0. The monoisotopic (exact) mass is 247 g/mol. The second-order valence-electron chi connectivity index (χ2n) is 4.77. The molecule has 2 heteroatoms. The molecule has 0 saturated carbocycles. The van der Waals surface area contributed by atoms with Crippen molar-refractivity contribution < 1.29 is 4.79 Å². The van der Waals surface area contributed by atoms with Crippen molar-refractivity contribution in [2.24, 2.45) is 5.92 Å². The topological polar surface area (TPSA) is 29.1 Å². The molecule has 1 aromatic rings. The molecule has 100 valence electrons. The van der Waals surface area contributed by atoms with E-state index in [-0.39, 0.29) is 17.9 Å². The van der Waals surface area contributed by atoms with E-state index in [2.05, 4.69) is 38.2 Å². The third kappa shape index (κ3) is 4.17. The Morgan fingerprint density at radius 1 is 1.11 bits per heavy atom. The minimum atomic E-state index is 0.146. The predicted octanol–water partition coefficient (Wildman–Crippen LogP) is 4.08. The van der Waals surface area contributed by atoms with Crippen LogP contribution in [0.3, 0.4) is 0 Å². The molecule has 1 amide bonds. The quantitative estimate of drug-likeness (QED) is 0.773. The van der Waals surface area contributed by atoms with Gasteiger partial charge in [0.25, 0.3) is 0 Å². The van der Waals surface area contributed by atoms with Gasteiger partial charge < -0.3 is 5.32 Å². The first-order valence-electron chi connectivity index (χ1n) is 7.08. The number of hydrogen-bond donors (Lipinski definition) is 1. The summed E-state index contributed by atoms with van der Waals surface area (Å²) in [4.78, 5) is 12.2. The van der Waals surface area contributed by atoms with E-state index < -0.39 is 0 Å². The number of amides is 1. The van der Waals surface area contributed by atoms with Crippen LogP contribution in [0, 0.1) is 5.92 Å². The molecule has 0 aliphatic rings. The normalized spacial score (nSPS) is 12.4. The molecule has 0 spiro atoms. The highest BCUT2D eigenvalue weighted by molar-refractivity contribution is 5.79. The number of hydrogen-bond acceptors (Lipinski definition) is 1. The summed E-state index contributed by atoms with van der Waals surface area (Å²) in [5.74, 6) is 0.343. The molecule has 1 atom stereocenters. The number of benzene rings is 1. The lowest BCUT2D eigenvalue weighted by atomic mass is 9.98. The van der Waals surface area contributed by atoms with Crippen LogP contribution in [0.1, 0.15) is 58.1 Å². The lowest BCUT2D eigenvalue weighted by Crippen LogP contribution is -2.33. The van der Waals surface area contributed by atoms with Crippen molar-refractivity contribution in [3.05, 3.63) is 35.9 Å². The summed E-state index contributed by atoms with van der Waals surface area (Å²) in [5, 5.41) is 3.20. The first-order chi connectivity index (χ1) is 8.72. The van der Waals surface area contributed by atoms with E-state index in [0.717, 1.165) is 25.7 Å². The van der Waals surface area contributed by atoms with Crippen LogP contribution in [-0.4, -0.2) is 5.91 Å². The fourth-order valence-corrected chi connectivity index (χ4v) is 2.25. The highest BCUT2D eigenvalue weighted by Crippen LogP contribution is 2.19. The maximum Gasteiger partial charge on any atom is 0.223 e. The van der Waals surface area contributed by atoms with Crippen molar-refractivity contribution in [3.63, 3.8) is 0 Å². The maximum absolute atomic E-state index is 12.2. The van der Waals surface area contributed by atoms with Crippen molar-refractivity contribution in [2.75, 3.05) is 0 Å². The summed E-state index contributed by atoms with van der Waals surface area (Å²) in [6.07, 6.45) is 3.89. The molecule has 18 heavy (non-hydrogen) atoms. The summed E-state index contributed by atoms with van der Waals surface area (Å²) in [5.41, 5.74) is 1.21. The van der Waals surface area contributed by atoms with Gasteiger partial charge in [-0.3, -0.25) is 4.79 Å². The van der Waals surface area contributed by atoms with E-state index in [4.69, 9.17) is 0 Å². The Kier molecular flexibility index (Phi) is 6.48. The molecule has 0 heterocycles. The zero-order valence-corrected chi connectivity index (χ0v) is 11.8. The molecule has 0 aliphatic heterocycles. The lowest BCUT2D eigenvalue weighted by molar-refractivity contribution is -0.126. The van der Waals surface area contributed by atoms with Crippen molar-refractivity contribution in [2.45, 2.75) is 52.5 Å².